The molecular weight excluding hydrogens is 350 g/mol. The summed E-state index contributed by atoms with van der Waals surface area (Å²) in [4.78, 5) is 13.5. The minimum absolute atomic E-state index is 0.0639. The molecule has 3 nitrogen and oxygen atoms in total. The number of fused-ring (bicyclic) bond motifs is 1. The van der Waals surface area contributed by atoms with Gasteiger partial charge in [0, 0.05) is 4.88 Å². The first-order valence-electron chi connectivity index (χ1n) is 6.96. The standard InChI is InChI=1S/C16H16BrNO2S/c1-2-10-5-8-21-15(10)14(17)11-3-4-13-12(9-11)16(19)18-6-7-20-13/h3-5,8-9,14H,2,6-7H2,1H3,(H,18,19). The van der Waals surface area contributed by atoms with Crippen molar-refractivity contribution in [3.8, 4) is 5.75 Å². The van der Waals surface area contributed by atoms with Crippen LogP contribution in [0.3, 0.4) is 0 Å². The zero-order chi connectivity index (χ0) is 14.8. The molecule has 0 saturated heterocycles. The van der Waals surface area contributed by atoms with Crippen LogP contribution in [0, 0.1) is 0 Å². The third-order valence-corrected chi connectivity index (χ3v) is 5.89. The molecule has 1 atom stereocenters. The molecule has 21 heavy (non-hydrogen) atoms. The molecule has 1 aliphatic heterocycles. The van der Waals surface area contributed by atoms with E-state index in [4.69, 9.17) is 4.74 Å². The fourth-order valence-corrected chi connectivity index (χ4v) is 4.34. The Morgan fingerprint density at radius 2 is 2.29 bits per heavy atom. The number of hydrogen-bond donors (Lipinski definition) is 1. The summed E-state index contributed by atoms with van der Waals surface area (Å²) in [5.74, 6) is 0.598. The van der Waals surface area contributed by atoms with Gasteiger partial charge in [-0.3, -0.25) is 4.79 Å². The summed E-state index contributed by atoms with van der Waals surface area (Å²) >= 11 is 5.51. The number of hydrogen-bond acceptors (Lipinski definition) is 3. The minimum atomic E-state index is -0.0639. The Morgan fingerprint density at radius 3 is 3.10 bits per heavy atom. The van der Waals surface area contributed by atoms with Crippen molar-refractivity contribution in [2.45, 2.75) is 18.2 Å². The highest BCUT2D eigenvalue weighted by molar-refractivity contribution is 9.09. The number of nitrogens with one attached hydrogen (secondary N) is 1. The monoisotopic (exact) mass is 365 g/mol. The first kappa shape index (κ1) is 14.6. The van der Waals surface area contributed by atoms with Gasteiger partial charge in [0.1, 0.15) is 12.4 Å². The number of carbonyl (C=O) groups is 1. The van der Waals surface area contributed by atoms with Crippen LogP contribution in [0.2, 0.25) is 0 Å². The van der Waals surface area contributed by atoms with Crippen LogP contribution < -0.4 is 10.1 Å². The van der Waals surface area contributed by atoms with E-state index in [1.54, 1.807) is 11.3 Å². The second-order valence-electron chi connectivity index (χ2n) is 4.89. The van der Waals surface area contributed by atoms with Crippen LogP contribution in [-0.4, -0.2) is 19.1 Å². The van der Waals surface area contributed by atoms with Crippen molar-refractivity contribution >= 4 is 33.2 Å². The zero-order valence-corrected chi connectivity index (χ0v) is 14.1. The van der Waals surface area contributed by atoms with E-state index >= 15 is 0 Å². The first-order valence-corrected chi connectivity index (χ1v) is 8.75. The summed E-state index contributed by atoms with van der Waals surface area (Å²) in [5, 5.41) is 4.96. The number of aryl methyl sites for hydroxylation is 1. The molecule has 1 unspecified atom stereocenters. The maximum atomic E-state index is 12.1. The van der Waals surface area contributed by atoms with Crippen molar-refractivity contribution in [3.05, 3.63) is 51.2 Å². The van der Waals surface area contributed by atoms with Crippen molar-refractivity contribution in [3.63, 3.8) is 0 Å². The van der Waals surface area contributed by atoms with Crippen LogP contribution in [0.4, 0.5) is 0 Å². The van der Waals surface area contributed by atoms with Gasteiger partial charge in [0.05, 0.1) is 16.9 Å². The summed E-state index contributed by atoms with van der Waals surface area (Å²) in [5.41, 5.74) is 3.04. The summed E-state index contributed by atoms with van der Waals surface area (Å²) in [6.07, 6.45) is 1.01. The molecule has 110 valence electrons. The fraction of sp³-hybridized carbons (Fsp3) is 0.312. The lowest BCUT2D eigenvalue weighted by Crippen LogP contribution is -2.24. The highest BCUT2D eigenvalue weighted by Gasteiger charge is 2.21. The molecule has 0 aliphatic carbocycles. The van der Waals surface area contributed by atoms with E-state index in [0.717, 1.165) is 12.0 Å². The predicted molar refractivity (Wildman–Crippen MR) is 88.7 cm³/mol. The number of carbonyl (C=O) groups excluding carboxylic acids is 1. The molecule has 1 aliphatic rings. The molecular formula is C16H16BrNO2S. The number of thiophene rings is 1. The first-order chi connectivity index (χ1) is 10.2. The second-order valence-corrected chi connectivity index (χ2v) is 6.75. The maximum absolute atomic E-state index is 12.1. The van der Waals surface area contributed by atoms with Gasteiger partial charge < -0.3 is 10.1 Å². The molecule has 1 aromatic carbocycles. The lowest BCUT2D eigenvalue weighted by molar-refractivity contribution is 0.0957. The summed E-state index contributed by atoms with van der Waals surface area (Å²) in [6, 6.07) is 8.00. The number of amides is 1. The average Bonchev–Trinajstić information content (AvgIpc) is 2.91. The summed E-state index contributed by atoms with van der Waals surface area (Å²) < 4.78 is 5.59. The molecule has 2 heterocycles. The summed E-state index contributed by atoms with van der Waals surface area (Å²) in [6.45, 7) is 3.22. The molecule has 2 aromatic rings. The van der Waals surface area contributed by atoms with Crippen molar-refractivity contribution in [1.82, 2.24) is 5.32 Å². The third-order valence-electron chi connectivity index (χ3n) is 3.58. The Labute approximate surface area is 136 Å². The minimum Gasteiger partial charge on any atom is -0.491 e. The van der Waals surface area contributed by atoms with Gasteiger partial charge in [-0.1, -0.05) is 28.9 Å². The molecule has 1 aromatic heterocycles. The van der Waals surface area contributed by atoms with Crippen molar-refractivity contribution in [2.24, 2.45) is 0 Å². The number of ether oxygens (including phenoxy) is 1. The second kappa shape index (κ2) is 6.20. The van der Waals surface area contributed by atoms with E-state index < -0.39 is 0 Å². The Morgan fingerprint density at radius 1 is 1.43 bits per heavy atom. The van der Waals surface area contributed by atoms with E-state index in [-0.39, 0.29) is 10.7 Å². The summed E-state index contributed by atoms with van der Waals surface area (Å²) in [7, 11) is 0. The van der Waals surface area contributed by atoms with Crippen molar-refractivity contribution < 1.29 is 9.53 Å². The quantitative estimate of drug-likeness (QED) is 0.837. The van der Waals surface area contributed by atoms with Gasteiger partial charge in [0.15, 0.2) is 0 Å². The van der Waals surface area contributed by atoms with E-state index in [9.17, 15) is 4.79 Å². The fourth-order valence-electron chi connectivity index (χ4n) is 2.44. The number of halogens is 1. The smallest absolute Gasteiger partial charge is 0.255 e. The predicted octanol–water partition coefficient (Wildman–Crippen LogP) is 3.92. The van der Waals surface area contributed by atoms with E-state index in [1.807, 2.05) is 18.2 Å². The van der Waals surface area contributed by atoms with Crippen LogP contribution in [-0.2, 0) is 6.42 Å². The largest absolute Gasteiger partial charge is 0.491 e. The van der Waals surface area contributed by atoms with E-state index in [2.05, 4.69) is 39.6 Å². The van der Waals surface area contributed by atoms with Crippen molar-refractivity contribution in [1.29, 1.82) is 0 Å². The molecule has 3 rings (SSSR count). The van der Waals surface area contributed by atoms with Crippen molar-refractivity contribution in [2.75, 3.05) is 13.2 Å². The van der Waals surface area contributed by atoms with Gasteiger partial charge in [-0.25, -0.2) is 0 Å². The molecule has 0 saturated carbocycles. The van der Waals surface area contributed by atoms with Crippen LogP contribution >= 0.6 is 27.3 Å². The molecule has 0 bridgehead atoms. The third kappa shape index (κ3) is 2.85. The molecule has 5 heteroatoms. The van der Waals surface area contributed by atoms with Gasteiger partial charge in [0.25, 0.3) is 5.91 Å². The topological polar surface area (TPSA) is 38.3 Å². The zero-order valence-electron chi connectivity index (χ0n) is 11.7. The molecule has 0 radical (unpaired) electrons. The lowest BCUT2D eigenvalue weighted by atomic mass is 10.0. The molecule has 1 amide bonds. The number of alkyl halides is 1. The molecule has 0 spiro atoms. The van der Waals surface area contributed by atoms with Crippen LogP contribution in [0.25, 0.3) is 0 Å². The SMILES string of the molecule is CCc1ccsc1C(Br)c1ccc2c(c1)C(=O)NCCO2. The van der Waals surface area contributed by atoms with Gasteiger partial charge in [-0.2, -0.15) is 0 Å². The van der Waals surface area contributed by atoms with Crippen LogP contribution in [0.15, 0.2) is 29.6 Å². The Hall–Kier alpha value is -1.33. The van der Waals surface area contributed by atoms with Gasteiger partial charge in [0.2, 0.25) is 0 Å². The van der Waals surface area contributed by atoms with E-state index in [1.165, 1.54) is 10.4 Å². The van der Waals surface area contributed by atoms with E-state index in [0.29, 0.717) is 24.5 Å². The number of rotatable bonds is 3. The van der Waals surface area contributed by atoms with Crippen LogP contribution in [0.1, 0.15) is 38.1 Å². The Bertz CT molecular complexity index is 668. The van der Waals surface area contributed by atoms with Gasteiger partial charge >= 0.3 is 0 Å². The normalized spacial score (nSPS) is 15.6. The lowest BCUT2D eigenvalue weighted by Gasteiger charge is -2.13. The van der Waals surface area contributed by atoms with Gasteiger partial charge in [-0.05, 0) is 41.1 Å². The molecule has 0 fully saturated rings. The highest BCUT2D eigenvalue weighted by Crippen LogP contribution is 2.38. The van der Waals surface area contributed by atoms with Gasteiger partial charge in [-0.15, -0.1) is 11.3 Å². The molecule has 1 N–H and O–H groups in total. The highest BCUT2D eigenvalue weighted by atomic mass is 79.9. The Balaban J connectivity index is 1.98. The Kier molecular flexibility index (Phi) is 4.31. The average molecular weight is 366 g/mol. The van der Waals surface area contributed by atoms with Crippen LogP contribution in [0.5, 0.6) is 5.75 Å². The number of benzene rings is 1. The maximum Gasteiger partial charge on any atom is 0.255 e.